The maximum Gasteiger partial charge on any atom is 0.283 e. The molecule has 0 aliphatic rings. The second-order valence-electron chi connectivity index (χ2n) is 6.72. The molecule has 2 aromatic heterocycles. The van der Waals surface area contributed by atoms with Crippen LogP contribution in [0.25, 0.3) is 0 Å². The van der Waals surface area contributed by atoms with E-state index in [1.807, 2.05) is 0 Å². The second kappa shape index (κ2) is 9.83. The Kier molecular flexibility index (Phi) is 7.15. The first kappa shape index (κ1) is 23.3. The van der Waals surface area contributed by atoms with Crippen molar-refractivity contribution in [1.29, 1.82) is 0 Å². The lowest BCUT2D eigenvalue weighted by Crippen LogP contribution is -2.37. The molecule has 12 heteroatoms. The number of aryl methyl sites for hydroxylation is 1. The van der Waals surface area contributed by atoms with Crippen molar-refractivity contribution >= 4 is 21.6 Å². The lowest BCUT2D eigenvalue weighted by Gasteiger charge is -2.23. The van der Waals surface area contributed by atoms with Crippen LogP contribution in [0.3, 0.4) is 0 Å². The number of carbonyl (C=O) groups is 1. The minimum atomic E-state index is -3.45. The van der Waals surface area contributed by atoms with Crippen LogP contribution in [-0.2, 0) is 21.7 Å². The summed E-state index contributed by atoms with van der Waals surface area (Å²) in [5, 5.41) is 4.68. The predicted molar refractivity (Wildman–Crippen MR) is 111 cm³/mol. The Hall–Kier alpha value is -3.38. The molecule has 3 aromatic rings. The number of hydrogen-bond acceptors (Lipinski definition) is 7. The summed E-state index contributed by atoms with van der Waals surface area (Å²) >= 11 is 0. The second-order valence-corrected chi connectivity index (χ2v) is 8.68. The van der Waals surface area contributed by atoms with Crippen LogP contribution in [0.5, 0.6) is 11.5 Å². The first-order chi connectivity index (χ1) is 15.2. The molecule has 0 bridgehead atoms. The minimum Gasteiger partial charge on any atom is -0.456 e. The standard InChI is InChI=1S/C20H20F2N4O5S/c1-25-9-8-18(24-25)26(31-17(11-21)12-22)20(27)14-4-3-5-15(10-14)30-16-6-7-19(23-13-16)32(2,28)29/h3-10,13,17H,11-12H2,1-2H3. The lowest BCUT2D eigenvalue weighted by atomic mass is 10.2. The van der Waals surface area contributed by atoms with Crippen LogP contribution in [0.4, 0.5) is 14.6 Å². The van der Waals surface area contributed by atoms with Crippen LogP contribution >= 0.6 is 0 Å². The number of amides is 1. The number of hydrogen-bond donors (Lipinski definition) is 0. The van der Waals surface area contributed by atoms with E-state index >= 15 is 0 Å². The lowest BCUT2D eigenvalue weighted by molar-refractivity contribution is 0.00378. The predicted octanol–water partition coefficient (Wildman–Crippen LogP) is 2.90. The zero-order valence-corrected chi connectivity index (χ0v) is 18.0. The van der Waals surface area contributed by atoms with Crippen molar-refractivity contribution in [3.05, 3.63) is 60.4 Å². The first-order valence-electron chi connectivity index (χ1n) is 9.28. The molecule has 0 spiro atoms. The van der Waals surface area contributed by atoms with Gasteiger partial charge in [0.15, 0.2) is 20.7 Å². The van der Waals surface area contributed by atoms with Crippen molar-refractivity contribution in [2.24, 2.45) is 7.05 Å². The number of anilines is 1. The average Bonchev–Trinajstić information content (AvgIpc) is 3.20. The molecule has 9 nitrogen and oxygen atoms in total. The van der Waals surface area contributed by atoms with E-state index in [0.717, 1.165) is 11.3 Å². The van der Waals surface area contributed by atoms with Gasteiger partial charge in [-0.15, -0.1) is 0 Å². The normalized spacial score (nSPS) is 11.5. The highest BCUT2D eigenvalue weighted by atomic mass is 32.2. The van der Waals surface area contributed by atoms with Crippen molar-refractivity contribution in [2.45, 2.75) is 11.1 Å². The first-order valence-corrected chi connectivity index (χ1v) is 11.2. The number of benzene rings is 1. The van der Waals surface area contributed by atoms with Crippen LogP contribution in [-0.4, -0.2) is 54.8 Å². The monoisotopic (exact) mass is 466 g/mol. The molecule has 32 heavy (non-hydrogen) atoms. The summed E-state index contributed by atoms with van der Waals surface area (Å²) < 4.78 is 56.1. The molecule has 0 atom stereocenters. The smallest absolute Gasteiger partial charge is 0.283 e. The average molecular weight is 466 g/mol. The van der Waals surface area contributed by atoms with Gasteiger partial charge in [0.05, 0.1) is 6.20 Å². The minimum absolute atomic E-state index is 0.0521. The largest absolute Gasteiger partial charge is 0.456 e. The summed E-state index contributed by atoms with van der Waals surface area (Å²) in [6.07, 6.45) is 2.35. The van der Waals surface area contributed by atoms with E-state index in [9.17, 15) is 22.0 Å². The zero-order chi connectivity index (χ0) is 23.3. The third kappa shape index (κ3) is 5.65. The number of aromatic nitrogens is 3. The van der Waals surface area contributed by atoms with Crippen LogP contribution in [0.1, 0.15) is 10.4 Å². The summed E-state index contributed by atoms with van der Waals surface area (Å²) in [5.74, 6) is -0.170. The third-order valence-corrected chi connectivity index (χ3v) is 5.10. The van der Waals surface area contributed by atoms with Gasteiger partial charge in [-0.25, -0.2) is 22.2 Å². The summed E-state index contributed by atoms with van der Waals surface area (Å²) in [6, 6.07) is 10.2. The van der Waals surface area contributed by atoms with Crippen LogP contribution < -0.4 is 9.80 Å². The molecule has 0 saturated carbocycles. The molecule has 0 radical (unpaired) electrons. The Morgan fingerprint density at radius 3 is 2.47 bits per heavy atom. The topological polar surface area (TPSA) is 104 Å². The molecule has 1 amide bonds. The van der Waals surface area contributed by atoms with Crippen LogP contribution in [0.2, 0.25) is 0 Å². The molecule has 0 fully saturated rings. The number of carbonyl (C=O) groups excluding carboxylic acids is 1. The number of rotatable bonds is 9. The molecular formula is C20H20F2N4O5S. The molecule has 1 aromatic carbocycles. The number of hydroxylamine groups is 1. The van der Waals surface area contributed by atoms with E-state index in [2.05, 4.69) is 10.1 Å². The van der Waals surface area contributed by atoms with Gasteiger partial charge in [0.1, 0.15) is 31.0 Å². The molecule has 3 rings (SSSR count). The highest BCUT2D eigenvalue weighted by Gasteiger charge is 2.25. The maximum absolute atomic E-state index is 13.1. The SMILES string of the molecule is Cn1ccc(N(OC(CF)CF)C(=O)c2cccc(Oc3ccc(S(C)(=O)=O)nc3)c2)n1. The number of sulfone groups is 1. The molecule has 0 N–H and O–H groups in total. The molecule has 0 unspecified atom stereocenters. The van der Waals surface area contributed by atoms with E-state index in [4.69, 9.17) is 9.57 Å². The van der Waals surface area contributed by atoms with Gasteiger partial charge >= 0.3 is 0 Å². The van der Waals surface area contributed by atoms with Gasteiger partial charge in [-0.1, -0.05) is 6.07 Å². The van der Waals surface area contributed by atoms with Crippen molar-refractivity contribution < 1.29 is 31.6 Å². The number of ether oxygens (including phenoxy) is 1. The third-order valence-electron chi connectivity index (χ3n) is 4.10. The quantitative estimate of drug-likeness (QED) is 0.447. The van der Waals surface area contributed by atoms with Gasteiger partial charge in [0.2, 0.25) is 0 Å². The van der Waals surface area contributed by atoms with Crippen molar-refractivity contribution in [3.8, 4) is 11.5 Å². The summed E-state index contributed by atoms with van der Waals surface area (Å²) in [6.45, 7) is -2.26. The Bertz CT molecular complexity index is 1180. The molecule has 170 valence electrons. The van der Waals surface area contributed by atoms with Crippen molar-refractivity contribution in [2.75, 3.05) is 24.7 Å². The Balaban J connectivity index is 1.84. The molecule has 0 aliphatic carbocycles. The number of alkyl halides is 2. The maximum atomic E-state index is 13.1. The number of pyridine rings is 1. The van der Waals surface area contributed by atoms with Gasteiger partial charge < -0.3 is 4.74 Å². The zero-order valence-electron chi connectivity index (χ0n) is 17.2. The van der Waals surface area contributed by atoms with Gasteiger partial charge in [0, 0.05) is 31.1 Å². The van der Waals surface area contributed by atoms with E-state index in [1.54, 1.807) is 25.4 Å². The molecular weight excluding hydrogens is 446 g/mol. The van der Waals surface area contributed by atoms with Crippen molar-refractivity contribution in [1.82, 2.24) is 14.8 Å². The Labute approximate surface area is 183 Å². The number of nitrogens with zero attached hydrogens (tertiary/aromatic N) is 4. The Morgan fingerprint density at radius 1 is 1.16 bits per heavy atom. The Morgan fingerprint density at radius 2 is 1.91 bits per heavy atom. The number of halogens is 2. The van der Waals surface area contributed by atoms with E-state index < -0.39 is 35.2 Å². The van der Waals surface area contributed by atoms with Crippen molar-refractivity contribution in [3.63, 3.8) is 0 Å². The van der Waals surface area contributed by atoms with E-state index in [0.29, 0.717) is 0 Å². The van der Waals surface area contributed by atoms with E-state index in [1.165, 1.54) is 41.2 Å². The summed E-state index contributed by atoms with van der Waals surface area (Å²) in [7, 11) is -1.83. The summed E-state index contributed by atoms with van der Waals surface area (Å²) in [4.78, 5) is 22.1. The fourth-order valence-corrected chi connectivity index (χ4v) is 3.12. The highest BCUT2D eigenvalue weighted by molar-refractivity contribution is 7.90. The highest BCUT2D eigenvalue weighted by Crippen LogP contribution is 2.24. The van der Waals surface area contributed by atoms with Gasteiger partial charge in [-0.2, -0.15) is 10.2 Å². The van der Waals surface area contributed by atoms with Gasteiger partial charge in [-0.3, -0.25) is 14.3 Å². The molecule has 0 saturated heterocycles. The van der Waals surface area contributed by atoms with E-state index in [-0.39, 0.29) is 27.9 Å². The summed E-state index contributed by atoms with van der Waals surface area (Å²) in [5.41, 5.74) is 0.102. The fourth-order valence-electron chi connectivity index (χ4n) is 2.56. The van der Waals surface area contributed by atoms with Crippen LogP contribution in [0, 0.1) is 0 Å². The fraction of sp³-hybridized carbons (Fsp3) is 0.250. The molecule has 0 aliphatic heterocycles. The van der Waals surface area contributed by atoms with Crippen LogP contribution in [0.15, 0.2) is 59.9 Å². The molecule has 2 heterocycles. The van der Waals surface area contributed by atoms with Gasteiger partial charge in [0.25, 0.3) is 5.91 Å². The van der Waals surface area contributed by atoms with Gasteiger partial charge in [-0.05, 0) is 30.3 Å².